The first kappa shape index (κ1) is 23.6. The van der Waals surface area contributed by atoms with Crippen LogP contribution in [0.3, 0.4) is 0 Å². The maximum atomic E-state index is 13.5. The highest BCUT2D eigenvalue weighted by atomic mass is 35.5. The molecule has 1 N–H and O–H groups in total. The summed E-state index contributed by atoms with van der Waals surface area (Å²) in [6.45, 7) is 6.42. The summed E-state index contributed by atoms with van der Waals surface area (Å²) < 4.78 is 2.14. The molecule has 2 heterocycles. The van der Waals surface area contributed by atoms with E-state index in [0.29, 0.717) is 17.3 Å². The lowest BCUT2D eigenvalue weighted by Gasteiger charge is -2.26. The summed E-state index contributed by atoms with van der Waals surface area (Å²) in [5.74, 6) is -1.36. The SMILES string of the molecule is Cc1ccc(N2C(=O)NC(=O)/C(=C\c3c(C)n(Cc4ccc(Cl)cc4)c4ccccc34)C2=O)cc1C. The minimum Gasteiger partial charge on any atom is -0.340 e. The predicted molar refractivity (Wildman–Crippen MR) is 142 cm³/mol. The molecule has 0 saturated carbocycles. The van der Waals surface area contributed by atoms with Crippen molar-refractivity contribution in [2.24, 2.45) is 0 Å². The maximum absolute atomic E-state index is 13.5. The third kappa shape index (κ3) is 4.10. The topological polar surface area (TPSA) is 71.4 Å². The van der Waals surface area contributed by atoms with Crippen LogP contribution in [0, 0.1) is 20.8 Å². The lowest BCUT2D eigenvalue weighted by Crippen LogP contribution is -2.54. The van der Waals surface area contributed by atoms with Gasteiger partial charge < -0.3 is 4.57 Å². The van der Waals surface area contributed by atoms with Crippen LogP contribution in [0.2, 0.25) is 5.02 Å². The molecule has 1 fully saturated rings. The summed E-state index contributed by atoms with van der Waals surface area (Å²) in [5, 5.41) is 3.90. The Labute approximate surface area is 213 Å². The summed E-state index contributed by atoms with van der Waals surface area (Å²) in [6.07, 6.45) is 1.59. The Bertz CT molecular complexity index is 1580. The molecule has 3 aromatic carbocycles. The van der Waals surface area contributed by atoms with E-state index in [4.69, 9.17) is 11.6 Å². The number of nitrogens with zero attached hydrogens (tertiary/aromatic N) is 2. The lowest BCUT2D eigenvalue weighted by atomic mass is 10.0. The molecule has 1 saturated heterocycles. The number of fused-ring (bicyclic) bond motifs is 1. The van der Waals surface area contributed by atoms with Gasteiger partial charge in [-0.2, -0.15) is 0 Å². The van der Waals surface area contributed by atoms with Crippen molar-refractivity contribution in [1.82, 2.24) is 9.88 Å². The fourth-order valence-electron chi connectivity index (χ4n) is 4.52. The average Bonchev–Trinajstić information content (AvgIpc) is 3.11. The number of hydrogen-bond acceptors (Lipinski definition) is 3. The van der Waals surface area contributed by atoms with Crippen molar-refractivity contribution in [3.8, 4) is 0 Å². The van der Waals surface area contributed by atoms with E-state index in [9.17, 15) is 14.4 Å². The first-order valence-corrected chi connectivity index (χ1v) is 11.9. The Balaban J connectivity index is 1.61. The highest BCUT2D eigenvalue weighted by Gasteiger charge is 2.37. The highest BCUT2D eigenvalue weighted by Crippen LogP contribution is 2.31. The van der Waals surface area contributed by atoms with Gasteiger partial charge in [-0.3, -0.25) is 14.9 Å². The second-order valence-electron chi connectivity index (χ2n) is 8.96. The number of halogens is 1. The number of urea groups is 1. The molecular weight excluding hydrogens is 474 g/mol. The molecular formula is C29H24ClN3O3. The molecule has 0 radical (unpaired) electrons. The Hall–Kier alpha value is -4.16. The fraction of sp³-hybridized carbons (Fsp3) is 0.138. The van der Waals surface area contributed by atoms with Crippen molar-refractivity contribution in [1.29, 1.82) is 0 Å². The van der Waals surface area contributed by atoms with Gasteiger partial charge in [-0.25, -0.2) is 9.69 Å². The Morgan fingerprint density at radius 1 is 0.889 bits per heavy atom. The van der Waals surface area contributed by atoms with Crippen molar-refractivity contribution < 1.29 is 14.4 Å². The number of benzene rings is 3. The minimum atomic E-state index is -0.757. The number of rotatable bonds is 4. The van der Waals surface area contributed by atoms with E-state index >= 15 is 0 Å². The first-order chi connectivity index (χ1) is 17.2. The molecule has 7 heteroatoms. The van der Waals surface area contributed by atoms with E-state index in [2.05, 4.69) is 9.88 Å². The number of carbonyl (C=O) groups is 3. The van der Waals surface area contributed by atoms with Gasteiger partial charge in [0.25, 0.3) is 11.8 Å². The van der Waals surface area contributed by atoms with Crippen LogP contribution >= 0.6 is 11.6 Å². The monoisotopic (exact) mass is 497 g/mol. The molecule has 1 aliphatic rings. The third-order valence-corrected chi connectivity index (χ3v) is 6.92. The molecule has 0 spiro atoms. The van der Waals surface area contributed by atoms with Crippen molar-refractivity contribution in [3.05, 3.63) is 105 Å². The predicted octanol–water partition coefficient (Wildman–Crippen LogP) is 5.93. The van der Waals surface area contributed by atoms with Crippen LogP contribution in [-0.2, 0) is 16.1 Å². The number of amides is 4. The van der Waals surface area contributed by atoms with Gasteiger partial charge in [0.05, 0.1) is 5.69 Å². The van der Waals surface area contributed by atoms with Gasteiger partial charge in [-0.1, -0.05) is 48.0 Å². The van der Waals surface area contributed by atoms with Gasteiger partial charge in [-0.15, -0.1) is 0 Å². The van der Waals surface area contributed by atoms with E-state index in [1.165, 1.54) is 0 Å². The molecule has 0 aliphatic carbocycles. The molecule has 4 aromatic rings. The molecule has 6 nitrogen and oxygen atoms in total. The van der Waals surface area contributed by atoms with E-state index in [1.807, 2.05) is 75.4 Å². The fourth-order valence-corrected chi connectivity index (χ4v) is 4.64. The average molecular weight is 498 g/mol. The lowest BCUT2D eigenvalue weighted by molar-refractivity contribution is -0.122. The van der Waals surface area contributed by atoms with Crippen LogP contribution in [-0.4, -0.2) is 22.4 Å². The van der Waals surface area contributed by atoms with Crippen LogP contribution in [0.4, 0.5) is 10.5 Å². The van der Waals surface area contributed by atoms with Crippen LogP contribution < -0.4 is 10.2 Å². The van der Waals surface area contributed by atoms with Gasteiger partial charge in [0.1, 0.15) is 5.57 Å². The van der Waals surface area contributed by atoms with Crippen LogP contribution in [0.5, 0.6) is 0 Å². The summed E-state index contributed by atoms with van der Waals surface area (Å²) in [6, 6.07) is 20.1. The van der Waals surface area contributed by atoms with E-state index in [0.717, 1.165) is 43.8 Å². The van der Waals surface area contributed by atoms with Crippen LogP contribution in [0.15, 0.2) is 72.3 Å². The number of anilines is 1. The highest BCUT2D eigenvalue weighted by molar-refractivity contribution is 6.39. The molecule has 0 atom stereocenters. The van der Waals surface area contributed by atoms with Gasteiger partial charge in [0, 0.05) is 33.7 Å². The third-order valence-electron chi connectivity index (χ3n) is 6.67. The van der Waals surface area contributed by atoms with Crippen molar-refractivity contribution in [2.45, 2.75) is 27.3 Å². The van der Waals surface area contributed by atoms with Crippen LogP contribution in [0.1, 0.15) is 27.9 Å². The van der Waals surface area contributed by atoms with E-state index in [1.54, 1.807) is 18.2 Å². The maximum Gasteiger partial charge on any atom is 0.335 e. The number of hydrogen-bond donors (Lipinski definition) is 1. The summed E-state index contributed by atoms with van der Waals surface area (Å²) >= 11 is 6.05. The zero-order chi connectivity index (χ0) is 25.6. The molecule has 0 bridgehead atoms. The van der Waals surface area contributed by atoms with Gasteiger partial charge in [0.2, 0.25) is 0 Å². The molecule has 36 heavy (non-hydrogen) atoms. The number of nitrogens with one attached hydrogen (secondary N) is 1. The van der Waals surface area contributed by atoms with Crippen molar-refractivity contribution in [2.75, 3.05) is 4.90 Å². The Kier molecular flexibility index (Phi) is 5.98. The largest absolute Gasteiger partial charge is 0.340 e. The number of barbiturate groups is 1. The summed E-state index contributed by atoms with van der Waals surface area (Å²) in [4.78, 5) is 40.0. The smallest absolute Gasteiger partial charge is 0.335 e. The van der Waals surface area contributed by atoms with Gasteiger partial charge in [0.15, 0.2) is 0 Å². The number of imide groups is 2. The molecule has 1 aliphatic heterocycles. The van der Waals surface area contributed by atoms with Crippen molar-refractivity contribution in [3.63, 3.8) is 0 Å². The minimum absolute atomic E-state index is 0.0923. The molecule has 5 rings (SSSR count). The molecule has 4 amide bonds. The first-order valence-electron chi connectivity index (χ1n) is 11.6. The number of carbonyl (C=O) groups excluding carboxylic acids is 3. The zero-order valence-electron chi connectivity index (χ0n) is 20.1. The summed E-state index contributed by atoms with van der Waals surface area (Å²) in [5.41, 5.74) is 6.01. The Morgan fingerprint density at radius 3 is 2.33 bits per heavy atom. The van der Waals surface area contributed by atoms with E-state index in [-0.39, 0.29) is 5.57 Å². The normalized spacial score (nSPS) is 15.2. The molecule has 1 aromatic heterocycles. The number of aryl methyl sites for hydroxylation is 2. The second kappa shape index (κ2) is 9.13. The van der Waals surface area contributed by atoms with Gasteiger partial charge >= 0.3 is 6.03 Å². The number of para-hydroxylation sites is 1. The van der Waals surface area contributed by atoms with Crippen LogP contribution in [0.25, 0.3) is 17.0 Å². The van der Waals surface area contributed by atoms with Crippen molar-refractivity contribution >= 4 is 52.1 Å². The van der Waals surface area contributed by atoms with E-state index < -0.39 is 17.8 Å². The standard InChI is InChI=1S/C29H24ClN3O3/c1-17-8-13-22(14-18(17)2)33-28(35)25(27(34)31-29(33)36)15-24-19(3)32(26-7-5-4-6-23(24)26)16-20-9-11-21(30)12-10-20/h4-15H,16H2,1-3H3,(H,31,34,36)/b25-15+. The summed E-state index contributed by atoms with van der Waals surface area (Å²) in [7, 11) is 0. The Morgan fingerprint density at radius 2 is 1.61 bits per heavy atom. The molecule has 180 valence electrons. The molecule has 0 unspecified atom stereocenters. The quantitative estimate of drug-likeness (QED) is 0.280. The number of aromatic nitrogens is 1. The van der Waals surface area contributed by atoms with Gasteiger partial charge in [-0.05, 0) is 73.9 Å². The second-order valence-corrected chi connectivity index (χ2v) is 9.39. The zero-order valence-corrected chi connectivity index (χ0v) is 20.9.